The number of hydrogen-bond acceptors (Lipinski definition) is 2. The maximum absolute atomic E-state index is 12.1. The van der Waals surface area contributed by atoms with E-state index in [1.54, 1.807) is 0 Å². The standard InChI is InChI=1S/C19H18N2O2/c22-19-20-16(13-6-2-1-3-7-13)12-17(21-19)14-10-11-23-18-9-5-4-8-15(14)18/h1-9,12,14,16H,10-11H2,(H2,20,21,22). The van der Waals surface area contributed by atoms with Crippen molar-refractivity contribution in [2.45, 2.75) is 18.4 Å². The Kier molecular flexibility index (Phi) is 3.50. The van der Waals surface area contributed by atoms with Gasteiger partial charge in [0.15, 0.2) is 0 Å². The van der Waals surface area contributed by atoms with Gasteiger partial charge in [-0.3, -0.25) is 0 Å². The molecule has 2 heterocycles. The van der Waals surface area contributed by atoms with Crippen LogP contribution in [0.1, 0.15) is 29.5 Å². The van der Waals surface area contributed by atoms with E-state index in [1.807, 2.05) is 48.5 Å². The van der Waals surface area contributed by atoms with Gasteiger partial charge in [0.25, 0.3) is 0 Å². The van der Waals surface area contributed by atoms with Gasteiger partial charge in [0.1, 0.15) is 5.75 Å². The van der Waals surface area contributed by atoms with E-state index in [0.29, 0.717) is 6.61 Å². The predicted octanol–water partition coefficient (Wildman–Crippen LogP) is 3.49. The SMILES string of the molecule is O=C1NC(C2CCOc3ccccc32)=CC(c2ccccc2)N1. The first-order valence-corrected chi connectivity index (χ1v) is 7.87. The van der Waals surface area contributed by atoms with Crippen molar-refractivity contribution in [1.82, 2.24) is 10.6 Å². The summed E-state index contributed by atoms with van der Waals surface area (Å²) in [7, 11) is 0. The molecule has 0 radical (unpaired) electrons. The van der Waals surface area contributed by atoms with Gasteiger partial charge in [0, 0.05) is 17.2 Å². The van der Waals surface area contributed by atoms with E-state index >= 15 is 0 Å². The highest BCUT2D eigenvalue weighted by Crippen LogP contribution is 2.38. The molecule has 2 aliphatic heterocycles. The van der Waals surface area contributed by atoms with Gasteiger partial charge in [-0.1, -0.05) is 48.5 Å². The summed E-state index contributed by atoms with van der Waals surface area (Å²) in [5.74, 6) is 1.07. The third kappa shape index (κ3) is 2.68. The molecule has 116 valence electrons. The van der Waals surface area contributed by atoms with Crippen molar-refractivity contribution in [3.63, 3.8) is 0 Å². The van der Waals surface area contributed by atoms with Crippen molar-refractivity contribution in [1.29, 1.82) is 0 Å². The van der Waals surface area contributed by atoms with E-state index in [2.05, 4.69) is 22.8 Å². The number of allylic oxidation sites excluding steroid dienone is 1. The Labute approximate surface area is 135 Å². The van der Waals surface area contributed by atoms with Crippen molar-refractivity contribution < 1.29 is 9.53 Å². The van der Waals surface area contributed by atoms with Gasteiger partial charge in [0.2, 0.25) is 0 Å². The van der Waals surface area contributed by atoms with Crippen LogP contribution in [0.3, 0.4) is 0 Å². The zero-order chi connectivity index (χ0) is 15.6. The number of amides is 2. The summed E-state index contributed by atoms with van der Waals surface area (Å²) in [6.45, 7) is 0.665. The molecule has 2 aromatic rings. The molecule has 4 rings (SSSR count). The lowest BCUT2D eigenvalue weighted by Gasteiger charge is -2.32. The molecule has 4 heteroatoms. The Balaban J connectivity index is 1.71. The maximum atomic E-state index is 12.1. The summed E-state index contributed by atoms with van der Waals surface area (Å²) >= 11 is 0. The van der Waals surface area contributed by atoms with Crippen molar-refractivity contribution in [3.05, 3.63) is 77.5 Å². The molecule has 2 aliphatic rings. The molecule has 0 spiro atoms. The minimum Gasteiger partial charge on any atom is -0.493 e. The number of carbonyl (C=O) groups excluding carboxylic acids is 1. The van der Waals surface area contributed by atoms with E-state index in [1.165, 1.54) is 0 Å². The summed E-state index contributed by atoms with van der Waals surface area (Å²) in [5, 5.41) is 5.95. The fourth-order valence-electron chi connectivity index (χ4n) is 3.28. The highest BCUT2D eigenvalue weighted by atomic mass is 16.5. The Bertz CT molecular complexity index is 755. The first-order chi connectivity index (χ1) is 11.3. The Hall–Kier alpha value is -2.75. The smallest absolute Gasteiger partial charge is 0.319 e. The third-order valence-corrected chi connectivity index (χ3v) is 4.38. The van der Waals surface area contributed by atoms with Crippen LogP contribution in [0.25, 0.3) is 0 Å². The van der Waals surface area contributed by atoms with Gasteiger partial charge in [-0.2, -0.15) is 0 Å². The number of rotatable bonds is 2. The van der Waals surface area contributed by atoms with Crippen LogP contribution in [-0.2, 0) is 0 Å². The molecule has 4 nitrogen and oxygen atoms in total. The first kappa shape index (κ1) is 13.9. The zero-order valence-electron chi connectivity index (χ0n) is 12.7. The number of para-hydroxylation sites is 1. The van der Waals surface area contributed by atoms with Gasteiger partial charge >= 0.3 is 6.03 Å². The average molecular weight is 306 g/mol. The number of benzene rings is 2. The molecule has 0 saturated carbocycles. The second kappa shape index (κ2) is 5.80. The molecule has 2 atom stereocenters. The first-order valence-electron chi connectivity index (χ1n) is 7.87. The molecule has 0 aromatic heterocycles. The number of ether oxygens (including phenoxy) is 1. The van der Waals surface area contributed by atoms with Crippen molar-refractivity contribution in [3.8, 4) is 5.75 Å². The van der Waals surface area contributed by atoms with Crippen LogP contribution < -0.4 is 15.4 Å². The van der Waals surface area contributed by atoms with Crippen molar-refractivity contribution >= 4 is 6.03 Å². The second-order valence-corrected chi connectivity index (χ2v) is 5.84. The minimum absolute atomic E-state index is 0.102. The van der Waals surface area contributed by atoms with E-state index < -0.39 is 0 Å². The highest BCUT2D eigenvalue weighted by molar-refractivity contribution is 5.78. The number of nitrogens with one attached hydrogen (secondary N) is 2. The number of carbonyl (C=O) groups is 1. The van der Waals surface area contributed by atoms with Crippen LogP contribution in [0.15, 0.2) is 66.4 Å². The van der Waals surface area contributed by atoms with Gasteiger partial charge in [-0.25, -0.2) is 4.79 Å². The van der Waals surface area contributed by atoms with Gasteiger partial charge in [-0.05, 0) is 24.1 Å². The highest BCUT2D eigenvalue weighted by Gasteiger charge is 2.29. The van der Waals surface area contributed by atoms with Crippen LogP contribution in [0.2, 0.25) is 0 Å². The minimum atomic E-state index is -0.152. The Morgan fingerprint density at radius 3 is 2.65 bits per heavy atom. The van der Waals surface area contributed by atoms with Gasteiger partial charge < -0.3 is 15.4 Å². The molecule has 0 aliphatic carbocycles. The largest absolute Gasteiger partial charge is 0.493 e. The molecule has 0 bridgehead atoms. The summed E-state index contributed by atoms with van der Waals surface area (Å²) in [5.41, 5.74) is 3.18. The fraction of sp³-hybridized carbons (Fsp3) is 0.211. The quantitative estimate of drug-likeness (QED) is 0.892. The van der Waals surface area contributed by atoms with E-state index in [4.69, 9.17) is 4.74 Å². The lowest BCUT2D eigenvalue weighted by molar-refractivity contribution is 0.235. The second-order valence-electron chi connectivity index (χ2n) is 5.84. The zero-order valence-corrected chi connectivity index (χ0v) is 12.7. The van der Waals surface area contributed by atoms with Crippen molar-refractivity contribution in [2.24, 2.45) is 0 Å². The van der Waals surface area contributed by atoms with Gasteiger partial charge in [-0.15, -0.1) is 0 Å². The van der Waals surface area contributed by atoms with E-state index in [0.717, 1.165) is 29.0 Å². The lowest BCUT2D eigenvalue weighted by Crippen LogP contribution is -2.43. The molecular formula is C19H18N2O2. The predicted molar refractivity (Wildman–Crippen MR) is 88.2 cm³/mol. The molecule has 2 amide bonds. The molecule has 0 saturated heterocycles. The normalized spacial score (nSPS) is 23.0. The average Bonchev–Trinajstić information content (AvgIpc) is 2.61. The van der Waals surface area contributed by atoms with Crippen LogP contribution in [0.4, 0.5) is 4.79 Å². The van der Waals surface area contributed by atoms with Crippen LogP contribution in [0.5, 0.6) is 5.75 Å². The van der Waals surface area contributed by atoms with Gasteiger partial charge in [0.05, 0.1) is 12.6 Å². The summed E-state index contributed by atoms with van der Waals surface area (Å²) in [6.07, 6.45) is 2.98. The molecule has 2 aromatic carbocycles. The summed E-state index contributed by atoms with van der Waals surface area (Å²) in [6, 6.07) is 17.8. The summed E-state index contributed by atoms with van der Waals surface area (Å²) < 4.78 is 5.73. The molecule has 23 heavy (non-hydrogen) atoms. The molecular weight excluding hydrogens is 288 g/mol. The molecule has 0 fully saturated rings. The Morgan fingerprint density at radius 1 is 1.00 bits per heavy atom. The Morgan fingerprint density at radius 2 is 1.78 bits per heavy atom. The molecule has 2 unspecified atom stereocenters. The third-order valence-electron chi connectivity index (χ3n) is 4.38. The van der Waals surface area contributed by atoms with Crippen LogP contribution in [0, 0.1) is 0 Å². The van der Waals surface area contributed by atoms with E-state index in [-0.39, 0.29) is 18.0 Å². The number of fused-ring (bicyclic) bond motifs is 1. The fourth-order valence-corrected chi connectivity index (χ4v) is 3.28. The number of urea groups is 1. The monoisotopic (exact) mass is 306 g/mol. The molecule has 2 N–H and O–H groups in total. The lowest BCUT2D eigenvalue weighted by atomic mass is 9.88. The topological polar surface area (TPSA) is 50.4 Å². The van der Waals surface area contributed by atoms with Crippen LogP contribution >= 0.6 is 0 Å². The maximum Gasteiger partial charge on any atom is 0.319 e. The van der Waals surface area contributed by atoms with Crippen LogP contribution in [-0.4, -0.2) is 12.6 Å². The van der Waals surface area contributed by atoms with E-state index in [9.17, 15) is 4.79 Å². The summed E-state index contributed by atoms with van der Waals surface area (Å²) in [4.78, 5) is 12.1. The van der Waals surface area contributed by atoms with Crippen molar-refractivity contribution in [2.75, 3.05) is 6.61 Å². The number of hydrogen-bond donors (Lipinski definition) is 2.